The summed E-state index contributed by atoms with van der Waals surface area (Å²) in [6, 6.07) is 12.4. The molecule has 8 heteroatoms. The number of hydrogen-bond donors (Lipinski definition) is 1. The monoisotopic (exact) mass is 412 g/mol. The molecule has 1 amide bonds. The summed E-state index contributed by atoms with van der Waals surface area (Å²) in [5.41, 5.74) is 1.87. The van der Waals surface area contributed by atoms with Gasteiger partial charge in [-0.3, -0.25) is 19.8 Å². The first-order valence-corrected chi connectivity index (χ1v) is 9.99. The molecule has 1 heterocycles. The molecule has 0 bridgehead atoms. The third kappa shape index (κ3) is 5.14. The van der Waals surface area contributed by atoms with Crippen LogP contribution in [-0.4, -0.2) is 67.5 Å². The second-order valence-corrected chi connectivity index (χ2v) is 7.60. The molecular formula is C22H28N4O4. The van der Waals surface area contributed by atoms with Gasteiger partial charge in [0.2, 0.25) is 0 Å². The predicted octanol–water partition coefficient (Wildman–Crippen LogP) is 2.63. The number of amides is 1. The standard InChI is InChI=1S/C22H28N4O4/c1-16-4-5-18(14-20(16)26(28)29)22(27)23-15-21(25-12-10-24(2)11-13-25)17-6-8-19(30-3)9-7-17/h4-9,14,21H,10-13,15H2,1-3H3,(H,23,27). The number of nitrogens with zero attached hydrogens (tertiary/aromatic N) is 3. The van der Waals surface area contributed by atoms with Gasteiger partial charge in [-0.1, -0.05) is 18.2 Å². The van der Waals surface area contributed by atoms with Gasteiger partial charge in [0.15, 0.2) is 0 Å². The van der Waals surface area contributed by atoms with Crippen molar-refractivity contribution in [2.75, 3.05) is 46.9 Å². The maximum atomic E-state index is 12.7. The minimum absolute atomic E-state index is 0.00832. The highest BCUT2D eigenvalue weighted by Gasteiger charge is 2.25. The van der Waals surface area contributed by atoms with Gasteiger partial charge < -0.3 is 15.0 Å². The van der Waals surface area contributed by atoms with E-state index in [0.29, 0.717) is 17.7 Å². The number of piperazine rings is 1. The van der Waals surface area contributed by atoms with Crippen LogP contribution in [0.5, 0.6) is 5.75 Å². The largest absolute Gasteiger partial charge is 0.497 e. The lowest BCUT2D eigenvalue weighted by molar-refractivity contribution is -0.385. The van der Waals surface area contributed by atoms with Crippen LogP contribution in [0, 0.1) is 17.0 Å². The molecule has 0 aliphatic carbocycles. The Kier molecular flexibility index (Phi) is 7.02. The van der Waals surface area contributed by atoms with E-state index in [1.54, 1.807) is 26.2 Å². The number of carbonyl (C=O) groups excluding carboxylic acids is 1. The summed E-state index contributed by atoms with van der Waals surface area (Å²) in [5.74, 6) is 0.470. The normalized spacial score (nSPS) is 16.1. The average molecular weight is 412 g/mol. The molecule has 2 aromatic carbocycles. The number of methoxy groups -OCH3 is 1. The van der Waals surface area contributed by atoms with Crippen molar-refractivity contribution in [2.45, 2.75) is 13.0 Å². The van der Waals surface area contributed by atoms with Gasteiger partial charge in [0.25, 0.3) is 11.6 Å². The Hall–Kier alpha value is -2.97. The van der Waals surface area contributed by atoms with E-state index in [0.717, 1.165) is 37.5 Å². The van der Waals surface area contributed by atoms with E-state index in [1.165, 1.54) is 6.07 Å². The zero-order chi connectivity index (χ0) is 21.7. The van der Waals surface area contributed by atoms with Crippen LogP contribution in [0.1, 0.15) is 27.5 Å². The quantitative estimate of drug-likeness (QED) is 0.556. The highest BCUT2D eigenvalue weighted by molar-refractivity contribution is 5.95. The van der Waals surface area contributed by atoms with E-state index in [4.69, 9.17) is 4.74 Å². The van der Waals surface area contributed by atoms with E-state index < -0.39 is 4.92 Å². The van der Waals surface area contributed by atoms with Crippen LogP contribution >= 0.6 is 0 Å². The molecule has 0 radical (unpaired) electrons. The second kappa shape index (κ2) is 9.69. The number of likely N-dealkylation sites (N-methyl/N-ethyl adjacent to an activating group) is 1. The van der Waals surface area contributed by atoms with Crippen LogP contribution < -0.4 is 10.1 Å². The zero-order valence-corrected chi connectivity index (χ0v) is 17.6. The molecule has 1 saturated heterocycles. The number of ether oxygens (including phenoxy) is 1. The van der Waals surface area contributed by atoms with Crippen molar-refractivity contribution in [1.82, 2.24) is 15.1 Å². The van der Waals surface area contributed by atoms with Crippen molar-refractivity contribution < 1.29 is 14.5 Å². The minimum atomic E-state index is -0.462. The highest BCUT2D eigenvalue weighted by atomic mass is 16.6. The molecule has 1 aliphatic rings. The average Bonchev–Trinajstić information content (AvgIpc) is 2.75. The summed E-state index contributed by atoms with van der Waals surface area (Å²) >= 11 is 0. The topological polar surface area (TPSA) is 87.9 Å². The molecule has 0 spiro atoms. The van der Waals surface area contributed by atoms with Gasteiger partial charge in [0, 0.05) is 49.9 Å². The van der Waals surface area contributed by atoms with E-state index >= 15 is 0 Å². The lowest BCUT2D eigenvalue weighted by Gasteiger charge is -2.38. The van der Waals surface area contributed by atoms with E-state index in [-0.39, 0.29) is 17.6 Å². The van der Waals surface area contributed by atoms with Gasteiger partial charge >= 0.3 is 0 Å². The number of hydrogen-bond acceptors (Lipinski definition) is 6. The van der Waals surface area contributed by atoms with Crippen LogP contribution in [-0.2, 0) is 0 Å². The summed E-state index contributed by atoms with van der Waals surface area (Å²) < 4.78 is 5.26. The maximum absolute atomic E-state index is 12.7. The Bertz CT molecular complexity index is 893. The minimum Gasteiger partial charge on any atom is -0.497 e. The summed E-state index contributed by atoms with van der Waals surface area (Å²) in [4.78, 5) is 28.1. The van der Waals surface area contributed by atoms with E-state index in [2.05, 4.69) is 22.2 Å². The number of aryl methyl sites for hydroxylation is 1. The molecule has 8 nitrogen and oxygen atoms in total. The Morgan fingerprint density at radius 1 is 1.17 bits per heavy atom. The van der Waals surface area contributed by atoms with Gasteiger partial charge in [-0.05, 0) is 37.7 Å². The van der Waals surface area contributed by atoms with Crippen molar-refractivity contribution in [1.29, 1.82) is 0 Å². The summed E-state index contributed by atoms with van der Waals surface area (Å²) in [6.07, 6.45) is 0. The molecule has 1 aliphatic heterocycles. The number of benzene rings is 2. The molecule has 3 rings (SSSR count). The number of nitro benzene ring substituents is 1. The molecule has 1 atom stereocenters. The van der Waals surface area contributed by atoms with Gasteiger partial charge in [0.05, 0.1) is 18.1 Å². The van der Waals surface area contributed by atoms with Crippen molar-refractivity contribution in [3.8, 4) is 5.75 Å². The van der Waals surface area contributed by atoms with Crippen LogP contribution in [0.4, 0.5) is 5.69 Å². The summed E-state index contributed by atoms with van der Waals surface area (Å²) in [7, 11) is 3.74. The number of nitro groups is 1. The van der Waals surface area contributed by atoms with Gasteiger partial charge in [0.1, 0.15) is 5.75 Å². The molecular weight excluding hydrogens is 384 g/mol. The van der Waals surface area contributed by atoms with Crippen LogP contribution in [0.25, 0.3) is 0 Å². The van der Waals surface area contributed by atoms with Gasteiger partial charge in [-0.25, -0.2) is 0 Å². The van der Waals surface area contributed by atoms with Crippen molar-refractivity contribution in [2.24, 2.45) is 0 Å². The predicted molar refractivity (Wildman–Crippen MR) is 115 cm³/mol. The maximum Gasteiger partial charge on any atom is 0.273 e. The van der Waals surface area contributed by atoms with Gasteiger partial charge in [-0.2, -0.15) is 0 Å². The van der Waals surface area contributed by atoms with Gasteiger partial charge in [-0.15, -0.1) is 0 Å². The molecule has 1 fully saturated rings. The van der Waals surface area contributed by atoms with E-state index in [9.17, 15) is 14.9 Å². The first kappa shape index (κ1) is 21.7. The van der Waals surface area contributed by atoms with Crippen molar-refractivity contribution in [3.05, 3.63) is 69.3 Å². The van der Waals surface area contributed by atoms with Crippen LogP contribution in [0.2, 0.25) is 0 Å². The Morgan fingerprint density at radius 3 is 2.43 bits per heavy atom. The highest BCUT2D eigenvalue weighted by Crippen LogP contribution is 2.24. The zero-order valence-electron chi connectivity index (χ0n) is 17.6. The second-order valence-electron chi connectivity index (χ2n) is 7.60. The summed E-state index contributed by atoms with van der Waals surface area (Å²) in [5, 5.41) is 14.2. The Balaban J connectivity index is 1.76. The lowest BCUT2D eigenvalue weighted by Crippen LogP contribution is -2.48. The third-order valence-corrected chi connectivity index (χ3v) is 5.60. The fourth-order valence-electron chi connectivity index (χ4n) is 3.66. The molecule has 160 valence electrons. The number of nitrogens with one attached hydrogen (secondary N) is 1. The molecule has 1 N–H and O–H groups in total. The summed E-state index contributed by atoms with van der Waals surface area (Å²) in [6.45, 7) is 5.80. The van der Waals surface area contributed by atoms with Crippen LogP contribution in [0.15, 0.2) is 42.5 Å². The fourth-order valence-corrected chi connectivity index (χ4v) is 3.66. The molecule has 0 saturated carbocycles. The van der Waals surface area contributed by atoms with E-state index in [1.807, 2.05) is 24.3 Å². The number of carbonyl (C=O) groups is 1. The number of rotatable bonds is 7. The molecule has 0 aromatic heterocycles. The molecule has 1 unspecified atom stereocenters. The van der Waals surface area contributed by atoms with Crippen molar-refractivity contribution in [3.63, 3.8) is 0 Å². The Morgan fingerprint density at radius 2 is 1.83 bits per heavy atom. The van der Waals surface area contributed by atoms with Crippen LogP contribution in [0.3, 0.4) is 0 Å². The smallest absolute Gasteiger partial charge is 0.273 e. The fraction of sp³-hybridized carbons (Fsp3) is 0.409. The lowest BCUT2D eigenvalue weighted by atomic mass is 10.0. The van der Waals surface area contributed by atoms with Crippen molar-refractivity contribution >= 4 is 11.6 Å². The first-order chi connectivity index (χ1) is 14.4. The third-order valence-electron chi connectivity index (χ3n) is 5.60. The Labute approximate surface area is 176 Å². The first-order valence-electron chi connectivity index (χ1n) is 9.99. The molecule has 2 aromatic rings. The molecule has 30 heavy (non-hydrogen) atoms. The SMILES string of the molecule is COc1ccc(C(CNC(=O)c2ccc(C)c([N+](=O)[O-])c2)N2CCN(C)CC2)cc1.